The van der Waals surface area contributed by atoms with Gasteiger partial charge in [-0.25, -0.2) is 5.48 Å². The third-order valence-electron chi connectivity index (χ3n) is 3.83. The molecule has 5 heteroatoms. The van der Waals surface area contributed by atoms with Gasteiger partial charge in [0.05, 0.1) is 6.61 Å². The third-order valence-corrected chi connectivity index (χ3v) is 3.83. The molecule has 1 aliphatic heterocycles. The minimum absolute atomic E-state index is 0.0367. The van der Waals surface area contributed by atoms with E-state index in [-0.39, 0.29) is 29.8 Å². The smallest absolute Gasteiger partial charge is 0.256 e. The van der Waals surface area contributed by atoms with Crippen molar-refractivity contribution in [2.75, 3.05) is 6.54 Å². The summed E-state index contributed by atoms with van der Waals surface area (Å²) in [6.07, 6.45) is 0. The number of amides is 2. The second-order valence-corrected chi connectivity index (χ2v) is 6.44. The number of hydrogen-bond acceptors (Lipinski definition) is 3. The van der Waals surface area contributed by atoms with Crippen LogP contribution >= 0.6 is 0 Å². The molecule has 2 atom stereocenters. The van der Waals surface area contributed by atoms with E-state index in [1.807, 2.05) is 51.1 Å². The number of carbonyl (C=O) groups is 2. The molecule has 1 aromatic rings. The highest BCUT2D eigenvalue weighted by Crippen LogP contribution is 2.35. The Balaban J connectivity index is 1.91. The van der Waals surface area contributed by atoms with Crippen molar-refractivity contribution in [1.29, 1.82) is 0 Å². The van der Waals surface area contributed by atoms with Crippen molar-refractivity contribution in [2.24, 2.45) is 17.3 Å². The maximum absolute atomic E-state index is 12.2. The van der Waals surface area contributed by atoms with Crippen LogP contribution in [-0.4, -0.2) is 18.4 Å². The van der Waals surface area contributed by atoms with E-state index < -0.39 is 5.92 Å². The highest BCUT2D eigenvalue weighted by molar-refractivity contribution is 6.01. The van der Waals surface area contributed by atoms with Gasteiger partial charge < -0.3 is 5.32 Å². The van der Waals surface area contributed by atoms with Gasteiger partial charge >= 0.3 is 0 Å². The number of hydrogen-bond donors (Lipinski definition) is 2. The molecule has 0 bridgehead atoms. The second kappa shape index (κ2) is 6.26. The lowest BCUT2D eigenvalue weighted by atomic mass is 9.74. The molecule has 1 fully saturated rings. The van der Waals surface area contributed by atoms with Gasteiger partial charge in [0.2, 0.25) is 5.91 Å². The van der Waals surface area contributed by atoms with Gasteiger partial charge in [0.15, 0.2) is 0 Å². The highest BCUT2D eigenvalue weighted by atomic mass is 16.6. The lowest BCUT2D eigenvalue weighted by Crippen LogP contribution is -2.40. The van der Waals surface area contributed by atoms with Crippen LogP contribution in [0.5, 0.6) is 0 Å². The van der Waals surface area contributed by atoms with E-state index in [0.29, 0.717) is 6.54 Å². The topological polar surface area (TPSA) is 67.4 Å². The fourth-order valence-corrected chi connectivity index (χ4v) is 2.56. The lowest BCUT2D eigenvalue weighted by Gasteiger charge is -2.29. The standard InChI is InChI=1S/C16H22N2O3/c1-16(2,3)12-9-17-14(19)13(12)15(20)18-21-10-11-7-5-4-6-8-11/h4-8,12-13H,9-10H2,1-3H3,(H,17,19)(H,18,20)/t12-,13-/m0/s1. The Kier molecular flexibility index (Phi) is 4.63. The zero-order valence-corrected chi connectivity index (χ0v) is 12.7. The van der Waals surface area contributed by atoms with E-state index in [1.54, 1.807) is 0 Å². The van der Waals surface area contributed by atoms with Gasteiger partial charge in [-0.15, -0.1) is 0 Å². The molecule has 1 aliphatic rings. The molecule has 2 N–H and O–H groups in total. The van der Waals surface area contributed by atoms with Gasteiger partial charge in [0, 0.05) is 12.5 Å². The molecule has 114 valence electrons. The van der Waals surface area contributed by atoms with Crippen molar-refractivity contribution in [3.05, 3.63) is 35.9 Å². The minimum atomic E-state index is -0.694. The first-order chi connectivity index (χ1) is 9.89. The molecular weight excluding hydrogens is 268 g/mol. The predicted octanol–water partition coefficient (Wildman–Crippen LogP) is 1.64. The van der Waals surface area contributed by atoms with Gasteiger partial charge in [0.1, 0.15) is 5.92 Å². The second-order valence-electron chi connectivity index (χ2n) is 6.44. The number of nitrogens with one attached hydrogen (secondary N) is 2. The molecule has 0 saturated carbocycles. The van der Waals surface area contributed by atoms with E-state index in [2.05, 4.69) is 10.8 Å². The van der Waals surface area contributed by atoms with Crippen molar-refractivity contribution in [2.45, 2.75) is 27.4 Å². The Morgan fingerprint density at radius 2 is 2.00 bits per heavy atom. The van der Waals surface area contributed by atoms with Gasteiger partial charge in [-0.2, -0.15) is 0 Å². The molecule has 1 saturated heterocycles. The molecule has 5 nitrogen and oxygen atoms in total. The van der Waals surface area contributed by atoms with Gasteiger partial charge in [0.25, 0.3) is 5.91 Å². The summed E-state index contributed by atoms with van der Waals surface area (Å²) in [5.74, 6) is -1.33. The van der Waals surface area contributed by atoms with E-state index in [1.165, 1.54) is 0 Å². The van der Waals surface area contributed by atoms with Gasteiger partial charge in [-0.3, -0.25) is 14.4 Å². The summed E-state index contributed by atoms with van der Waals surface area (Å²) < 4.78 is 0. The lowest BCUT2D eigenvalue weighted by molar-refractivity contribution is -0.145. The Hall–Kier alpha value is -1.88. The first-order valence-electron chi connectivity index (χ1n) is 7.13. The van der Waals surface area contributed by atoms with E-state index >= 15 is 0 Å². The van der Waals surface area contributed by atoms with Crippen molar-refractivity contribution >= 4 is 11.8 Å². The summed E-state index contributed by atoms with van der Waals surface area (Å²) in [5.41, 5.74) is 3.24. The van der Waals surface area contributed by atoms with E-state index in [4.69, 9.17) is 4.84 Å². The Labute approximate surface area is 125 Å². The number of benzene rings is 1. The van der Waals surface area contributed by atoms with Gasteiger partial charge in [-0.1, -0.05) is 51.1 Å². The highest BCUT2D eigenvalue weighted by Gasteiger charge is 2.45. The average molecular weight is 290 g/mol. The van der Waals surface area contributed by atoms with Crippen LogP contribution in [0.3, 0.4) is 0 Å². The quantitative estimate of drug-likeness (QED) is 0.654. The SMILES string of the molecule is CC(C)(C)[C@H]1CNC(=O)[C@H]1C(=O)NOCc1ccccc1. The zero-order chi connectivity index (χ0) is 15.5. The predicted molar refractivity (Wildman–Crippen MR) is 78.8 cm³/mol. The first kappa shape index (κ1) is 15.5. The molecule has 0 aliphatic carbocycles. The van der Waals surface area contributed by atoms with Crippen molar-refractivity contribution in [3.8, 4) is 0 Å². The van der Waals surface area contributed by atoms with Crippen molar-refractivity contribution in [3.63, 3.8) is 0 Å². The summed E-state index contributed by atoms with van der Waals surface area (Å²) in [7, 11) is 0. The molecule has 2 rings (SSSR count). The van der Waals surface area contributed by atoms with Crippen LogP contribution in [0.4, 0.5) is 0 Å². The normalized spacial score (nSPS) is 22.0. The minimum Gasteiger partial charge on any atom is -0.355 e. The van der Waals surface area contributed by atoms with Gasteiger partial charge in [-0.05, 0) is 11.0 Å². The maximum atomic E-state index is 12.2. The summed E-state index contributed by atoms with van der Waals surface area (Å²) >= 11 is 0. The van der Waals surface area contributed by atoms with Crippen LogP contribution in [0.15, 0.2) is 30.3 Å². The van der Waals surface area contributed by atoms with Crippen LogP contribution < -0.4 is 10.8 Å². The molecule has 0 spiro atoms. The Morgan fingerprint density at radius 3 is 2.62 bits per heavy atom. The summed E-state index contributed by atoms with van der Waals surface area (Å²) in [6.45, 7) is 6.90. The largest absolute Gasteiger partial charge is 0.355 e. The fraction of sp³-hybridized carbons (Fsp3) is 0.500. The van der Waals surface area contributed by atoms with Crippen LogP contribution in [0.1, 0.15) is 26.3 Å². The van der Waals surface area contributed by atoms with Crippen LogP contribution in [0.2, 0.25) is 0 Å². The molecule has 1 heterocycles. The monoisotopic (exact) mass is 290 g/mol. The zero-order valence-electron chi connectivity index (χ0n) is 12.7. The number of hydroxylamine groups is 1. The first-order valence-corrected chi connectivity index (χ1v) is 7.13. The third kappa shape index (κ3) is 3.82. The molecular formula is C16H22N2O3. The number of rotatable bonds is 4. The Bertz CT molecular complexity index is 508. The van der Waals surface area contributed by atoms with E-state index in [9.17, 15) is 9.59 Å². The van der Waals surface area contributed by atoms with Crippen molar-refractivity contribution in [1.82, 2.24) is 10.8 Å². The molecule has 0 unspecified atom stereocenters. The van der Waals surface area contributed by atoms with Crippen LogP contribution in [0.25, 0.3) is 0 Å². The fourth-order valence-electron chi connectivity index (χ4n) is 2.56. The van der Waals surface area contributed by atoms with Crippen molar-refractivity contribution < 1.29 is 14.4 Å². The Morgan fingerprint density at radius 1 is 1.33 bits per heavy atom. The molecule has 21 heavy (non-hydrogen) atoms. The molecule has 0 aromatic heterocycles. The molecule has 2 amide bonds. The average Bonchev–Trinajstić information content (AvgIpc) is 2.82. The maximum Gasteiger partial charge on any atom is 0.256 e. The van der Waals surface area contributed by atoms with Crippen LogP contribution in [-0.2, 0) is 21.0 Å². The van der Waals surface area contributed by atoms with E-state index in [0.717, 1.165) is 5.56 Å². The summed E-state index contributed by atoms with van der Waals surface area (Å²) in [5, 5.41) is 2.76. The number of carbonyl (C=O) groups excluding carboxylic acids is 2. The summed E-state index contributed by atoms with van der Waals surface area (Å²) in [6, 6.07) is 9.54. The molecule has 0 radical (unpaired) electrons. The molecule has 1 aromatic carbocycles. The summed E-state index contributed by atoms with van der Waals surface area (Å²) in [4.78, 5) is 29.3. The van der Waals surface area contributed by atoms with Crippen LogP contribution in [0, 0.1) is 17.3 Å².